The van der Waals surface area contributed by atoms with Gasteiger partial charge in [0, 0.05) is 38.7 Å². The van der Waals surface area contributed by atoms with Gasteiger partial charge in [-0.05, 0) is 18.8 Å². The zero-order valence-electron chi connectivity index (χ0n) is 12.8. The van der Waals surface area contributed by atoms with Crippen molar-refractivity contribution in [1.82, 2.24) is 10.2 Å². The third-order valence-electron chi connectivity index (χ3n) is 3.88. The van der Waals surface area contributed by atoms with Crippen LogP contribution in [0.15, 0.2) is 0 Å². The van der Waals surface area contributed by atoms with E-state index in [0.717, 1.165) is 45.7 Å². The molecule has 0 aliphatic carbocycles. The molecule has 0 radical (unpaired) electrons. The molecule has 2 heterocycles. The van der Waals surface area contributed by atoms with Gasteiger partial charge in [0.2, 0.25) is 5.91 Å². The minimum Gasteiger partial charge on any atom is -0.378 e. The lowest BCUT2D eigenvalue weighted by molar-refractivity contribution is -0.135. The number of carbonyl (C=O) groups excluding carboxylic acids is 1. The molecule has 0 spiro atoms. The van der Waals surface area contributed by atoms with E-state index in [2.05, 4.69) is 19.2 Å². The van der Waals surface area contributed by atoms with Gasteiger partial charge >= 0.3 is 0 Å². The molecule has 0 bridgehead atoms. The Morgan fingerprint density at radius 1 is 1.40 bits per heavy atom. The number of rotatable bonds is 5. The Kier molecular flexibility index (Phi) is 6.26. The number of likely N-dealkylation sites (tertiary alicyclic amines) is 1. The highest BCUT2D eigenvalue weighted by Crippen LogP contribution is 2.16. The SMILES string of the molecule is CC(C)COC1CCN(C(=O)CC2COCCN2)CC1. The van der Waals surface area contributed by atoms with Gasteiger partial charge < -0.3 is 19.7 Å². The van der Waals surface area contributed by atoms with Crippen LogP contribution >= 0.6 is 0 Å². The first kappa shape index (κ1) is 15.7. The molecule has 2 saturated heterocycles. The van der Waals surface area contributed by atoms with Crippen LogP contribution in [0, 0.1) is 5.92 Å². The van der Waals surface area contributed by atoms with Crippen LogP contribution in [-0.2, 0) is 14.3 Å². The van der Waals surface area contributed by atoms with Crippen molar-refractivity contribution in [2.45, 2.75) is 45.3 Å². The molecule has 5 nitrogen and oxygen atoms in total. The van der Waals surface area contributed by atoms with Crippen LogP contribution < -0.4 is 5.32 Å². The Morgan fingerprint density at radius 3 is 2.75 bits per heavy atom. The normalized spacial score (nSPS) is 25.1. The van der Waals surface area contributed by atoms with Crippen LogP contribution in [0.5, 0.6) is 0 Å². The number of morpholine rings is 1. The van der Waals surface area contributed by atoms with Gasteiger partial charge in [-0.1, -0.05) is 13.8 Å². The summed E-state index contributed by atoms with van der Waals surface area (Å²) in [5.74, 6) is 0.822. The average Bonchev–Trinajstić information content (AvgIpc) is 2.46. The van der Waals surface area contributed by atoms with E-state index >= 15 is 0 Å². The van der Waals surface area contributed by atoms with Crippen LogP contribution in [0.3, 0.4) is 0 Å². The fraction of sp³-hybridized carbons (Fsp3) is 0.933. The lowest BCUT2D eigenvalue weighted by atomic mass is 10.1. The van der Waals surface area contributed by atoms with Crippen molar-refractivity contribution in [2.24, 2.45) is 5.92 Å². The maximum Gasteiger partial charge on any atom is 0.224 e. The van der Waals surface area contributed by atoms with Gasteiger partial charge in [0.15, 0.2) is 0 Å². The number of carbonyl (C=O) groups is 1. The van der Waals surface area contributed by atoms with Gasteiger partial charge in [0.25, 0.3) is 0 Å². The highest BCUT2D eigenvalue weighted by molar-refractivity contribution is 5.77. The third-order valence-corrected chi connectivity index (χ3v) is 3.88. The summed E-state index contributed by atoms with van der Waals surface area (Å²) < 4.78 is 11.2. The van der Waals surface area contributed by atoms with Crippen molar-refractivity contribution in [3.05, 3.63) is 0 Å². The third kappa shape index (κ3) is 5.04. The second kappa shape index (κ2) is 7.96. The monoisotopic (exact) mass is 284 g/mol. The molecule has 0 aromatic rings. The van der Waals surface area contributed by atoms with E-state index in [4.69, 9.17) is 9.47 Å². The highest BCUT2D eigenvalue weighted by atomic mass is 16.5. The minimum atomic E-state index is 0.186. The van der Waals surface area contributed by atoms with Crippen molar-refractivity contribution >= 4 is 5.91 Å². The Labute approximate surface area is 122 Å². The van der Waals surface area contributed by atoms with Gasteiger partial charge in [0.1, 0.15) is 0 Å². The molecule has 2 aliphatic heterocycles. The maximum atomic E-state index is 12.2. The van der Waals surface area contributed by atoms with Crippen LogP contribution in [0.1, 0.15) is 33.1 Å². The predicted octanol–water partition coefficient (Wildman–Crippen LogP) is 1.03. The first-order valence-corrected chi connectivity index (χ1v) is 7.85. The summed E-state index contributed by atoms with van der Waals surface area (Å²) in [5.41, 5.74) is 0. The zero-order chi connectivity index (χ0) is 14.4. The molecule has 116 valence electrons. The Morgan fingerprint density at radius 2 is 2.15 bits per heavy atom. The fourth-order valence-corrected chi connectivity index (χ4v) is 2.69. The Balaban J connectivity index is 1.66. The first-order valence-electron chi connectivity index (χ1n) is 7.85. The molecule has 0 aromatic carbocycles. The van der Waals surface area contributed by atoms with Crippen molar-refractivity contribution < 1.29 is 14.3 Å². The van der Waals surface area contributed by atoms with Crippen molar-refractivity contribution in [1.29, 1.82) is 0 Å². The molecule has 1 N–H and O–H groups in total. The number of nitrogens with zero attached hydrogens (tertiary/aromatic N) is 1. The predicted molar refractivity (Wildman–Crippen MR) is 77.6 cm³/mol. The van der Waals surface area contributed by atoms with Gasteiger partial charge in [-0.15, -0.1) is 0 Å². The molecule has 2 aliphatic rings. The fourth-order valence-electron chi connectivity index (χ4n) is 2.69. The zero-order valence-corrected chi connectivity index (χ0v) is 12.8. The standard InChI is InChI=1S/C15H28N2O3/c1-12(2)10-20-14-3-6-17(7-4-14)15(18)9-13-11-19-8-5-16-13/h12-14,16H,3-11H2,1-2H3. The quantitative estimate of drug-likeness (QED) is 0.819. The lowest BCUT2D eigenvalue weighted by Gasteiger charge is -2.33. The minimum absolute atomic E-state index is 0.186. The molecular formula is C15H28N2O3. The molecule has 1 amide bonds. The van der Waals surface area contributed by atoms with Gasteiger partial charge in [0.05, 0.1) is 19.3 Å². The second-order valence-electron chi connectivity index (χ2n) is 6.24. The van der Waals surface area contributed by atoms with E-state index in [1.54, 1.807) is 0 Å². The van der Waals surface area contributed by atoms with Crippen molar-refractivity contribution in [3.63, 3.8) is 0 Å². The molecule has 5 heteroatoms. The number of piperidine rings is 1. The second-order valence-corrected chi connectivity index (χ2v) is 6.24. The van der Waals surface area contributed by atoms with Gasteiger partial charge in [-0.25, -0.2) is 0 Å². The first-order chi connectivity index (χ1) is 9.65. The van der Waals surface area contributed by atoms with Crippen molar-refractivity contribution in [3.8, 4) is 0 Å². The van der Waals surface area contributed by atoms with Crippen molar-refractivity contribution in [2.75, 3.05) is 39.5 Å². The Bertz CT molecular complexity index is 295. The number of ether oxygens (including phenoxy) is 2. The molecule has 1 unspecified atom stereocenters. The average molecular weight is 284 g/mol. The highest BCUT2D eigenvalue weighted by Gasteiger charge is 2.25. The summed E-state index contributed by atoms with van der Waals surface area (Å²) in [5, 5.41) is 3.33. The molecule has 0 aromatic heterocycles. The number of amides is 1. The molecule has 1 atom stereocenters. The van der Waals surface area contributed by atoms with E-state index in [9.17, 15) is 4.79 Å². The topological polar surface area (TPSA) is 50.8 Å². The van der Waals surface area contributed by atoms with E-state index in [1.807, 2.05) is 4.90 Å². The van der Waals surface area contributed by atoms with Gasteiger partial charge in [-0.2, -0.15) is 0 Å². The molecule has 2 fully saturated rings. The van der Waals surface area contributed by atoms with Crippen LogP contribution in [-0.4, -0.2) is 62.4 Å². The largest absolute Gasteiger partial charge is 0.378 e. The lowest BCUT2D eigenvalue weighted by Crippen LogP contribution is -2.47. The molecular weight excluding hydrogens is 256 g/mol. The smallest absolute Gasteiger partial charge is 0.224 e. The maximum absolute atomic E-state index is 12.2. The summed E-state index contributed by atoms with van der Waals surface area (Å²) in [7, 11) is 0. The Hall–Kier alpha value is -0.650. The summed E-state index contributed by atoms with van der Waals surface area (Å²) in [6, 6.07) is 0.186. The summed E-state index contributed by atoms with van der Waals surface area (Å²) in [4.78, 5) is 14.2. The molecule has 20 heavy (non-hydrogen) atoms. The van der Waals surface area contributed by atoms with E-state index in [1.165, 1.54) is 0 Å². The van der Waals surface area contributed by atoms with Gasteiger partial charge in [-0.3, -0.25) is 4.79 Å². The molecule has 0 saturated carbocycles. The van der Waals surface area contributed by atoms with Crippen LogP contribution in [0.25, 0.3) is 0 Å². The number of hydrogen-bond acceptors (Lipinski definition) is 4. The van der Waals surface area contributed by atoms with E-state index in [-0.39, 0.29) is 11.9 Å². The van der Waals surface area contributed by atoms with Crippen LogP contribution in [0.4, 0.5) is 0 Å². The number of nitrogens with one attached hydrogen (secondary N) is 1. The molecule has 2 rings (SSSR count). The summed E-state index contributed by atoms with van der Waals surface area (Å²) in [6.45, 7) is 9.06. The van der Waals surface area contributed by atoms with E-state index < -0.39 is 0 Å². The van der Waals surface area contributed by atoms with E-state index in [0.29, 0.717) is 25.0 Å². The van der Waals surface area contributed by atoms with Crippen LogP contribution in [0.2, 0.25) is 0 Å². The number of hydrogen-bond donors (Lipinski definition) is 1. The summed E-state index contributed by atoms with van der Waals surface area (Å²) in [6.07, 6.45) is 2.81. The summed E-state index contributed by atoms with van der Waals surface area (Å²) >= 11 is 0.